The van der Waals surface area contributed by atoms with Gasteiger partial charge in [-0.3, -0.25) is 0 Å². The van der Waals surface area contributed by atoms with Crippen molar-refractivity contribution in [1.29, 1.82) is 0 Å². The van der Waals surface area contributed by atoms with E-state index in [4.69, 9.17) is 10.5 Å². The Hall–Kier alpha value is -0.0800. The standard InChI is InChI=1S/C12H25NO/c1-11(2,3)14-9-7-6-8-12(4,5)10(9)13/h9-10H,6-8,13H2,1-5H3. The van der Waals surface area contributed by atoms with Gasteiger partial charge in [-0.2, -0.15) is 0 Å². The van der Waals surface area contributed by atoms with E-state index in [2.05, 4.69) is 34.6 Å². The van der Waals surface area contributed by atoms with Crippen LogP contribution in [0.4, 0.5) is 0 Å². The lowest BCUT2D eigenvalue weighted by Gasteiger charge is -2.43. The van der Waals surface area contributed by atoms with Gasteiger partial charge >= 0.3 is 0 Å². The molecule has 0 amide bonds. The van der Waals surface area contributed by atoms with Gasteiger partial charge in [0.1, 0.15) is 0 Å². The van der Waals surface area contributed by atoms with E-state index in [0.717, 1.165) is 6.42 Å². The molecule has 0 heterocycles. The highest BCUT2D eigenvalue weighted by atomic mass is 16.5. The van der Waals surface area contributed by atoms with Crippen LogP contribution < -0.4 is 5.73 Å². The van der Waals surface area contributed by atoms with Crippen molar-refractivity contribution in [2.24, 2.45) is 11.1 Å². The second kappa shape index (κ2) is 3.82. The van der Waals surface area contributed by atoms with E-state index in [1.807, 2.05) is 0 Å². The summed E-state index contributed by atoms with van der Waals surface area (Å²) in [6, 6.07) is 0.176. The summed E-state index contributed by atoms with van der Waals surface area (Å²) in [4.78, 5) is 0. The van der Waals surface area contributed by atoms with E-state index in [1.54, 1.807) is 0 Å². The average Bonchev–Trinajstić information content (AvgIpc) is 1.96. The Bertz CT molecular complexity index is 193. The molecule has 0 spiro atoms. The number of ether oxygens (including phenoxy) is 1. The number of rotatable bonds is 1. The number of hydrogen-bond acceptors (Lipinski definition) is 2. The lowest BCUT2D eigenvalue weighted by Crippen LogP contribution is -2.52. The molecule has 84 valence electrons. The highest BCUT2D eigenvalue weighted by Crippen LogP contribution is 2.36. The molecule has 2 unspecified atom stereocenters. The van der Waals surface area contributed by atoms with Crippen molar-refractivity contribution >= 4 is 0 Å². The first-order valence-electron chi connectivity index (χ1n) is 5.66. The molecule has 0 saturated heterocycles. The summed E-state index contributed by atoms with van der Waals surface area (Å²) in [5, 5.41) is 0. The summed E-state index contributed by atoms with van der Waals surface area (Å²) in [5.74, 6) is 0. The maximum atomic E-state index is 6.24. The zero-order chi connectivity index (χ0) is 11.0. The Kier molecular flexibility index (Phi) is 3.27. The zero-order valence-electron chi connectivity index (χ0n) is 10.3. The summed E-state index contributed by atoms with van der Waals surface area (Å²) >= 11 is 0. The average molecular weight is 199 g/mol. The van der Waals surface area contributed by atoms with Gasteiger partial charge in [0.15, 0.2) is 0 Å². The SMILES string of the molecule is CC(C)(C)OC1CCCC(C)(C)C1N. The van der Waals surface area contributed by atoms with Gasteiger partial charge in [0, 0.05) is 6.04 Å². The third kappa shape index (κ3) is 2.96. The molecule has 2 nitrogen and oxygen atoms in total. The maximum Gasteiger partial charge on any atom is 0.0738 e. The largest absolute Gasteiger partial charge is 0.371 e. The molecule has 1 aliphatic rings. The Morgan fingerprint density at radius 3 is 2.36 bits per heavy atom. The summed E-state index contributed by atoms with van der Waals surface area (Å²) in [5.41, 5.74) is 6.40. The monoisotopic (exact) mass is 199 g/mol. The molecule has 1 rings (SSSR count). The molecular weight excluding hydrogens is 174 g/mol. The first-order valence-corrected chi connectivity index (χ1v) is 5.66. The second-order valence-electron chi connectivity index (χ2n) is 6.18. The highest BCUT2D eigenvalue weighted by Gasteiger charge is 2.38. The van der Waals surface area contributed by atoms with Gasteiger partial charge in [-0.25, -0.2) is 0 Å². The van der Waals surface area contributed by atoms with Gasteiger partial charge in [0.05, 0.1) is 11.7 Å². The normalized spacial score (nSPS) is 33.0. The fourth-order valence-corrected chi connectivity index (χ4v) is 2.19. The number of hydrogen-bond donors (Lipinski definition) is 1. The molecule has 2 atom stereocenters. The molecule has 1 aliphatic carbocycles. The van der Waals surface area contributed by atoms with Crippen molar-refractivity contribution in [2.45, 2.75) is 71.6 Å². The molecule has 0 aromatic heterocycles. The van der Waals surface area contributed by atoms with Crippen LogP contribution in [0.1, 0.15) is 53.9 Å². The zero-order valence-corrected chi connectivity index (χ0v) is 10.3. The Balaban J connectivity index is 2.62. The molecule has 0 aromatic rings. The van der Waals surface area contributed by atoms with Crippen LogP contribution in [0.3, 0.4) is 0 Å². The minimum Gasteiger partial charge on any atom is -0.371 e. The summed E-state index contributed by atoms with van der Waals surface area (Å²) < 4.78 is 6.00. The molecule has 0 radical (unpaired) electrons. The van der Waals surface area contributed by atoms with Crippen LogP contribution in [0.25, 0.3) is 0 Å². The van der Waals surface area contributed by atoms with E-state index in [-0.39, 0.29) is 23.2 Å². The molecule has 0 aliphatic heterocycles. The Morgan fingerprint density at radius 1 is 1.29 bits per heavy atom. The second-order valence-corrected chi connectivity index (χ2v) is 6.18. The van der Waals surface area contributed by atoms with Gasteiger partial charge in [-0.05, 0) is 39.0 Å². The van der Waals surface area contributed by atoms with Crippen LogP contribution in [0.2, 0.25) is 0 Å². The van der Waals surface area contributed by atoms with E-state index in [1.165, 1.54) is 12.8 Å². The summed E-state index contributed by atoms with van der Waals surface area (Å²) in [6.45, 7) is 10.8. The highest BCUT2D eigenvalue weighted by molar-refractivity contribution is 4.92. The van der Waals surface area contributed by atoms with Crippen LogP contribution in [0, 0.1) is 5.41 Å². The molecule has 2 heteroatoms. The van der Waals surface area contributed by atoms with Crippen molar-refractivity contribution < 1.29 is 4.74 Å². The predicted octanol–water partition coefficient (Wildman–Crippen LogP) is 2.71. The summed E-state index contributed by atoms with van der Waals surface area (Å²) in [6.07, 6.45) is 3.81. The van der Waals surface area contributed by atoms with E-state index in [9.17, 15) is 0 Å². The first-order chi connectivity index (χ1) is 6.22. The fraction of sp³-hybridized carbons (Fsp3) is 1.00. The Labute approximate surface area is 88.2 Å². The van der Waals surface area contributed by atoms with Gasteiger partial charge in [-0.15, -0.1) is 0 Å². The third-order valence-corrected chi connectivity index (χ3v) is 3.12. The van der Waals surface area contributed by atoms with Crippen LogP contribution >= 0.6 is 0 Å². The van der Waals surface area contributed by atoms with E-state index in [0.29, 0.717) is 0 Å². The van der Waals surface area contributed by atoms with Crippen molar-refractivity contribution in [1.82, 2.24) is 0 Å². The number of nitrogens with two attached hydrogens (primary N) is 1. The van der Waals surface area contributed by atoms with Gasteiger partial charge in [0.2, 0.25) is 0 Å². The first kappa shape index (κ1) is 12.0. The maximum absolute atomic E-state index is 6.24. The lowest BCUT2D eigenvalue weighted by atomic mass is 9.72. The predicted molar refractivity (Wildman–Crippen MR) is 60.2 cm³/mol. The van der Waals surface area contributed by atoms with Crippen molar-refractivity contribution in [3.8, 4) is 0 Å². The fourth-order valence-electron chi connectivity index (χ4n) is 2.19. The molecule has 0 bridgehead atoms. The van der Waals surface area contributed by atoms with Gasteiger partial charge < -0.3 is 10.5 Å². The third-order valence-electron chi connectivity index (χ3n) is 3.12. The van der Waals surface area contributed by atoms with E-state index < -0.39 is 0 Å². The van der Waals surface area contributed by atoms with Gasteiger partial charge in [-0.1, -0.05) is 20.3 Å². The van der Waals surface area contributed by atoms with Crippen molar-refractivity contribution in [3.05, 3.63) is 0 Å². The molecule has 1 fully saturated rings. The quantitative estimate of drug-likeness (QED) is 0.704. The van der Waals surface area contributed by atoms with Crippen LogP contribution in [0.5, 0.6) is 0 Å². The molecule has 2 N–H and O–H groups in total. The van der Waals surface area contributed by atoms with Crippen LogP contribution in [0.15, 0.2) is 0 Å². The van der Waals surface area contributed by atoms with Crippen LogP contribution in [-0.2, 0) is 4.74 Å². The smallest absolute Gasteiger partial charge is 0.0738 e. The minimum atomic E-state index is -0.0737. The minimum absolute atomic E-state index is 0.0737. The molecule has 1 saturated carbocycles. The van der Waals surface area contributed by atoms with Gasteiger partial charge in [0.25, 0.3) is 0 Å². The topological polar surface area (TPSA) is 35.2 Å². The van der Waals surface area contributed by atoms with Crippen molar-refractivity contribution in [2.75, 3.05) is 0 Å². The molecular formula is C12H25NO. The van der Waals surface area contributed by atoms with Crippen molar-refractivity contribution in [3.63, 3.8) is 0 Å². The molecule has 14 heavy (non-hydrogen) atoms. The lowest BCUT2D eigenvalue weighted by molar-refractivity contribution is -0.102. The Morgan fingerprint density at radius 2 is 1.86 bits per heavy atom. The van der Waals surface area contributed by atoms with E-state index >= 15 is 0 Å². The molecule has 0 aromatic carbocycles. The van der Waals surface area contributed by atoms with Crippen LogP contribution in [-0.4, -0.2) is 17.7 Å². The summed E-state index contributed by atoms with van der Waals surface area (Å²) in [7, 11) is 0.